The van der Waals surface area contributed by atoms with Crippen LogP contribution in [0.4, 0.5) is 0 Å². The monoisotopic (exact) mass is 413 g/mol. The molecule has 0 aromatic heterocycles. The summed E-state index contributed by atoms with van der Waals surface area (Å²) in [5.41, 5.74) is 0.827. The number of fused-ring (bicyclic) bond motifs is 1. The molecule has 1 fully saturated rings. The number of benzene rings is 1. The van der Waals surface area contributed by atoms with Gasteiger partial charge in [0.25, 0.3) is 11.8 Å². The van der Waals surface area contributed by atoms with Gasteiger partial charge in [0, 0.05) is 44.9 Å². The number of Topliss-reactive ketones (excluding diaryl/α,β-unsaturated/α-hetero) is 1. The van der Waals surface area contributed by atoms with Gasteiger partial charge < -0.3 is 15.0 Å². The first-order valence-corrected chi connectivity index (χ1v) is 10.4. The molecule has 0 spiro atoms. The Morgan fingerprint density at radius 2 is 1.57 bits per heavy atom. The number of hydrogen-bond acceptors (Lipinski definition) is 5. The first-order chi connectivity index (χ1) is 14.4. The van der Waals surface area contributed by atoms with Crippen LogP contribution in [0, 0.1) is 0 Å². The van der Waals surface area contributed by atoms with Crippen LogP contribution in [0.15, 0.2) is 24.3 Å². The highest BCUT2D eigenvalue weighted by Crippen LogP contribution is 2.22. The van der Waals surface area contributed by atoms with Gasteiger partial charge >= 0.3 is 0 Å². The molecule has 3 rings (SSSR count). The molecule has 0 aliphatic carbocycles. The summed E-state index contributed by atoms with van der Waals surface area (Å²) in [5.74, 6) is -0.744. The Bertz CT molecular complexity index is 823. The van der Waals surface area contributed by atoms with Gasteiger partial charge in [-0.05, 0) is 38.3 Å². The molecule has 2 aliphatic heterocycles. The molecular weight excluding hydrogens is 386 g/mol. The second-order valence-corrected chi connectivity index (χ2v) is 7.84. The quantitative estimate of drug-likeness (QED) is 0.651. The molecule has 2 aliphatic rings. The Morgan fingerprint density at radius 1 is 0.967 bits per heavy atom. The minimum atomic E-state index is -0.308. The lowest BCUT2D eigenvalue weighted by atomic mass is 10.0. The molecule has 4 amide bonds. The number of nitrogens with one attached hydrogen (secondary N) is 1. The predicted octanol–water partition coefficient (Wildman–Crippen LogP) is 1.54. The lowest BCUT2D eigenvalue weighted by Gasteiger charge is -2.32. The summed E-state index contributed by atoms with van der Waals surface area (Å²) in [6.45, 7) is 2.82. The van der Waals surface area contributed by atoms with E-state index in [4.69, 9.17) is 0 Å². The Hall–Kier alpha value is -3.03. The van der Waals surface area contributed by atoms with Crippen molar-refractivity contribution in [2.75, 3.05) is 19.6 Å². The average molecular weight is 413 g/mol. The average Bonchev–Trinajstić information content (AvgIpc) is 2.97. The molecular formula is C22H27N3O5. The van der Waals surface area contributed by atoms with Crippen molar-refractivity contribution in [1.29, 1.82) is 0 Å². The van der Waals surface area contributed by atoms with E-state index in [-0.39, 0.29) is 61.3 Å². The van der Waals surface area contributed by atoms with Crippen LogP contribution in [0.3, 0.4) is 0 Å². The number of nitrogens with zero attached hydrogens (tertiary/aromatic N) is 2. The highest BCUT2D eigenvalue weighted by molar-refractivity contribution is 6.21. The standard InChI is InChI=1S/C22H27N3O5/c1-15(26)8-9-20(28)24-13-10-16(11-14-24)23-19(27)7-4-12-25-21(29)17-5-2-3-6-18(17)22(25)30/h2-3,5-6,16H,4,7-14H2,1H3,(H,23,27). The minimum Gasteiger partial charge on any atom is -0.353 e. The number of carbonyl (C=O) groups excluding carboxylic acids is 5. The summed E-state index contributed by atoms with van der Waals surface area (Å²) in [6.07, 6.45) is 2.49. The van der Waals surface area contributed by atoms with Crippen LogP contribution >= 0.6 is 0 Å². The number of likely N-dealkylation sites (tertiary alicyclic amines) is 1. The van der Waals surface area contributed by atoms with Crippen LogP contribution in [0.25, 0.3) is 0 Å². The maximum absolute atomic E-state index is 12.3. The van der Waals surface area contributed by atoms with E-state index in [9.17, 15) is 24.0 Å². The van der Waals surface area contributed by atoms with Crippen molar-refractivity contribution in [3.8, 4) is 0 Å². The summed E-state index contributed by atoms with van der Waals surface area (Å²) in [5, 5.41) is 2.97. The SMILES string of the molecule is CC(=O)CCC(=O)N1CCC(NC(=O)CCCN2C(=O)c3ccccc3C2=O)CC1. The molecule has 8 nitrogen and oxygen atoms in total. The van der Waals surface area contributed by atoms with E-state index in [0.29, 0.717) is 43.5 Å². The fourth-order valence-corrected chi connectivity index (χ4v) is 3.85. The Kier molecular flexibility index (Phi) is 6.97. The number of amides is 4. The number of hydrogen-bond donors (Lipinski definition) is 1. The van der Waals surface area contributed by atoms with Crippen molar-refractivity contribution in [2.45, 2.75) is 51.5 Å². The molecule has 1 aromatic rings. The summed E-state index contributed by atoms with van der Waals surface area (Å²) in [4.78, 5) is 62.9. The van der Waals surface area contributed by atoms with E-state index >= 15 is 0 Å². The molecule has 1 aromatic carbocycles. The van der Waals surface area contributed by atoms with Crippen LogP contribution in [-0.2, 0) is 14.4 Å². The van der Waals surface area contributed by atoms with E-state index in [1.807, 2.05) is 0 Å². The second-order valence-electron chi connectivity index (χ2n) is 7.84. The molecule has 0 radical (unpaired) electrons. The highest BCUT2D eigenvalue weighted by atomic mass is 16.2. The molecule has 30 heavy (non-hydrogen) atoms. The van der Waals surface area contributed by atoms with Gasteiger partial charge in [0.15, 0.2) is 0 Å². The number of ketones is 1. The maximum Gasteiger partial charge on any atom is 0.261 e. The predicted molar refractivity (Wildman–Crippen MR) is 109 cm³/mol. The molecule has 1 saturated heterocycles. The molecule has 0 atom stereocenters. The van der Waals surface area contributed by atoms with Crippen LogP contribution in [0.2, 0.25) is 0 Å². The number of imide groups is 1. The summed E-state index contributed by atoms with van der Waals surface area (Å²) in [7, 11) is 0. The first kappa shape index (κ1) is 21.7. The molecule has 0 saturated carbocycles. The van der Waals surface area contributed by atoms with Gasteiger partial charge in [-0.3, -0.25) is 24.1 Å². The van der Waals surface area contributed by atoms with Crippen molar-refractivity contribution >= 4 is 29.4 Å². The van der Waals surface area contributed by atoms with Gasteiger partial charge in [-0.2, -0.15) is 0 Å². The topological polar surface area (TPSA) is 104 Å². The number of rotatable bonds is 8. The van der Waals surface area contributed by atoms with Crippen LogP contribution in [0.1, 0.15) is 66.2 Å². The van der Waals surface area contributed by atoms with E-state index in [1.165, 1.54) is 11.8 Å². The van der Waals surface area contributed by atoms with Gasteiger partial charge in [0.2, 0.25) is 11.8 Å². The van der Waals surface area contributed by atoms with Gasteiger partial charge in [0.05, 0.1) is 11.1 Å². The van der Waals surface area contributed by atoms with Crippen LogP contribution < -0.4 is 5.32 Å². The Labute approximate surface area is 175 Å². The molecule has 0 bridgehead atoms. The zero-order valence-electron chi connectivity index (χ0n) is 17.2. The lowest BCUT2D eigenvalue weighted by molar-refractivity contribution is -0.134. The van der Waals surface area contributed by atoms with E-state index in [2.05, 4.69) is 5.32 Å². The summed E-state index contributed by atoms with van der Waals surface area (Å²) in [6, 6.07) is 6.74. The van der Waals surface area contributed by atoms with E-state index in [1.54, 1.807) is 29.2 Å². The third-order valence-electron chi connectivity index (χ3n) is 5.57. The molecule has 2 heterocycles. The normalized spacial score (nSPS) is 16.6. The molecule has 0 unspecified atom stereocenters. The zero-order valence-corrected chi connectivity index (χ0v) is 17.2. The fraction of sp³-hybridized carbons (Fsp3) is 0.500. The second kappa shape index (κ2) is 9.65. The first-order valence-electron chi connectivity index (χ1n) is 10.4. The number of piperidine rings is 1. The third-order valence-corrected chi connectivity index (χ3v) is 5.57. The largest absolute Gasteiger partial charge is 0.353 e. The number of carbonyl (C=O) groups is 5. The molecule has 160 valence electrons. The van der Waals surface area contributed by atoms with E-state index in [0.717, 1.165) is 0 Å². The summed E-state index contributed by atoms with van der Waals surface area (Å²) < 4.78 is 0. The lowest BCUT2D eigenvalue weighted by Crippen LogP contribution is -2.46. The van der Waals surface area contributed by atoms with Crippen molar-refractivity contribution in [1.82, 2.24) is 15.1 Å². The van der Waals surface area contributed by atoms with Crippen LogP contribution in [-0.4, -0.2) is 64.9 Å². The van der Waals surface area contributed by atoms with Crippen molar-refractivity contribution in [3.63, 3.8) is 0 Å². The smallest absolute Gasteiger partial charge is 0.261 e. The zero-order chi connectivity index (χ0) is 21.7. The molecule has 8 heteroatoms. The summed E-state index contributed by atoms with van der Waals surface area (Å²) >= 11 is 0. The van der Waals surface area contributed by atoms with E-state index < -0.39 is 0 Å². The Morgan fingerprint density at radius 3 is 2.13 bits per heavy atom. The Balaban J connectivity index is 1.36. The maximum atomic E-state index is 12.3. The van der Waals surface area contributed by atoms with Gasteiger partial charge in [-0.25, -0.2) is 0 Å². The van der Waals surface area contributed by atoms with Crippen molar-refractivity contribution in [3.05, 3.63) is 35.4 Å². The third kappa shape index (κ3) is 5.11. The highest BCUT2D eigenvalue weighted by Gasteiger charge is 2.34. The minimum absolute atomic E-state index is 0.00621. The van der Waals surface area contributed by atoms with Gasteiger partial charge in [0.1, 0.15) is 5.78 Å². The molecule has 1 N–H and O–H groups in total. The van der Waals surface area contributed by atoms with Gasteiger partial charge in [-0.15, -0.1) is 0 Å². The van der Waals surface area contributed by atoms with Crippen molar-refractivity contribution < 1.29 is 24.0 Å². The van der Waals surface area contributed by atoms with Crippen molar-refractivity contribution in [2.24, 2.45) is 0 Å². The fourth-order valence-electron chi connectivity index (χ4n) is 3.85. The van der Waals surface area contributed by atoms with Crippen LogP contribution in [0.5, 0.6) is 0 Å². The van der Waals surface area contributed by atoms with Gasteiger partial charge in [-0.1, -0.05) is 12.1 Å².